The van der Waals surface area contributed by atoms with Crippen molar-refractivity contribution in [3.63, 3.8) is 0 Å². The van der Waals surface area contributed by atoms with Crippen LogP contribution in [0.25, 0.3) is 0 Å². The zero-order chi connectivity index (χ0) is 28.9. The van der Waals surface area contributed by atoms with Gasteiger partial charge in [0.2, 0.25) is 5.91 Å². The molecule has 13 heteroatoms. The largest absolute Gasteiger partial charge is 0.460 e. The third kappa shape index (κ3) is 10.5. The summed E-state index contributed by atoms with van der Waals surface area (Å²) in [6, 6.07) is -1.01. The zero-order valence-electron chi connectivity index (χ0n) is 24.0. The minimum Gasteiger partial charge on any atom is -0.460 e. The fraction of sp³-hybridized carbons (Fsp3) is 0.760. The molecule has 0 aromatic carbocycles. The van der Waals surface area contributed by atoms with Crippen molar-refractivity contribution in [1.29, 1.82) is 0 Å². The summed E-state index contributed by atoms with van der Waals surface area (Å²) < 4.78 is 17.4. The van der Waals surface area contributed by atoms with Gasteiger partial charge in [-0.05, 0) is 62.3 Å². The number of piperazine rings is 1. The molecular formula is C25H42N6O7. The molecule has 3 amide bonds. The first-order valence-corrected chi connectivity index (χ1v) is 12.7. The van der Waals surface area contributed by atoms with Gasteiger partial charge in [-0.1, -0.05) is 5.21 Å². The van der Waals surface area contributed by atoms with Gasteiger partial charge in [-0.15, -0.1) is 5.10 Å². The number of nitrogens with zero attached hydrogens (tertiary/aromatic N) is 5. The zero-order valence-corrected chi connectivity index (χ0v) is 24.0. The summed E-state index contributed by atoms with van der Waals surface area (Å²) in [6.45, 7) is 17.0. The summed E-state index contributed by atoms with van der Waals surface area (Å²) >= 11 is 0. The number of hydrogen-bond acceptors (Lipinski definition) is 9. The van der Waals surface area contributed by atoms with Crippen molar-refractivity contribution in [1.82, 2.24) is 30.1 Å². The van der Waals surface area contributed by atoms with Gasteiger partial charge in [0.15, 0.2) is 0 Å². The van der Waals surface area contributed by atoms with Crippen molar-refractivity contribution in [3.05, 3.63) is 11.9 Å². The second-order valence-electron chi connectivity index (χ2n) is 12.1. The van der Waals surface area contributed by atoms with Gasteiger partial charge in [0.25, 0.3) is 0 Å². The highest BCUT2D eigenvalue weighted by Gasteiger charge is 2.34. The van der Waals surface area contributed by atoms with Crippen LogP contribution in [0.3, 0.4) is 0 Å². The molecule has 1 N–H and O–H groups in total. The van der Waals surface area contributed by atoms with Gasteiger partial charge in [-0.2, -0.15) is 0 Å². The van der Waals surface area contributed by atoms with Crippen LogP contribution in [0.5, 0.6) is 0 Å². The highest BCUT2D eigenvalue weighted by atomic mass is 16.6. The van der Waals surface area contributed by atoms with Crippen LogP contribution >= 0.6 is 0 Å². The lowest BCUT2D eigenvalue weighted by Gasteiger charge is -2.36. The van der Waals surface area contributed by atoms with Crippen molar-refractivity contribution >= 4 is 24.1 Å². The molecule has 214 valence electrons. The maximum Gasteiger partial charge on any atom is 0.410 e. The molecule has 0 bridgehead atoms. The average Bonchev–Trinajstić information content (AvgIpc) is 3.21. The van der Waals surface area contributed by atoms with E-state index in [9.17, 15) is 19.2 Å². The Labute approximate surface area is 224 Å². The first kappa shape index (κ1) is 30.8. The van der Waals surface area contributed by atoms with E-state index in [-0.39, 0.29) is 32.0 Å². The van der Waals surface area contributed by atoms with Gasteiger partial charge in [0.05, 0.1) is 19.2 Å². The molecule has 38 heavy (non-hydrogen) atoms. The lowest BCUT2D eigenvalue weighted by molar-refractivity contribution is -0.158. The summed E-state index contributed by atoms with van der Waals surface area (Å²) in [5.41, 5.74) is -1.62. The van der Waals surface area contributed by atoms with Crippen LogP contribution in [-0.4, -0.2) is 91.8 Å². The number of rotatable bonds is 6. The summed E-state index contributed by atoms with van der Waals surface area (Å²) in [6.07, 6.45) is 0.191. The highest BCUT2D eigenvalue weighted by molar-refractivity contribution is 5.85. The van der Waals surface area contributed by atoms with Crippen molar-refractivity contribution in [2.75, 3.05) is 26.2 Å². The molecule has 2 rings (SSSR count). The molecular weight excluding hydrogens is 496 g/mol. The van der Waals surface area contributed by atoms with Crippen LogP contribution in [0.1, 0.15) is 80.5 Å². The second-order valence-corrected chi connectivity index (χ2v) is 12.1. The fourth-order valence-electron chi connectivity index (χ4n) is 3.51. The predicted octanol–water partition coefficient (Wildman–Crippen LogP) is 2.66. The molecule has 2 heterocycles. The van der Waals surface area contributed by atoms with E-state index < -0.39 is 41.0 Å². The number of alkyl carbamates (subject to hydrolysis) is 1. The highest BCUT2D eigenvalue weighted by Crippen LogP contribution is 2.20. The van der Waals surface area contributed by atoms with Crippen LogP contribution in [0.2, 0.25) is 0 Å². The van der Waals surface area contributed by atoms with E-state index in [0.717, 1.165) is 0 Å². The van der Waals surface area contributed by atoms with Crippen LogP contribution in [0, 0.1) is 0 Å². The Morgan fingerprint density at radius 3 is 1.89 bits per heavy atom. The maximum atomic E-state index is 13.5. The number of ether oxygens (including phenoxy) is 3. The van der Waals surface area contributed by atoms with Crippen molar-refractivity contribution in [2.45, 2.75) is 98.1 Å². The minimum atomic E-state index is -1.01. The smallest absolute Gasteiger partial charge is 0.410 e. The van der Waals surface area contributed by atoms with Crippen LogP contribution in [-0.2, 0) is 30.3 Å². The van der Waals surface area contributed by atoms with Gasteiger partial charge in [0, 0.05) is 26.2 Å². The van der Waals surface area contributed by atoms with Gasteiger partial charge in [-0.25, -0.2) is 14.3 Å². The molecule has 0 aliphatic carbocycles. The molecule has 1 aliphatic rings. The van der Waals surface area contributed by atoms with E-state index in [1.807, 2.05) is 0 Å². The van der Waals surface area contributed by atoms with Crippen LogP contribution < -0.4 is 5.32 Å². The molecule has 13 nitrogen and oxygen atoms in total. The number of carbonyl (C=O) groups is 4. The molecule has 0 saturated carbocycles. The molecule has 1 saturated heterocycles. The number of carbonyl (C=O) groups excluding carboxylic acids is 4. The summed E-state index contributed by atoms with van der Waals surface area (Å²) in [4.78, 5) is 53.7. The van der Waals surface area contributed by atoms with Crippen molar-refractivity contribution < 1.29 is 33.4 Å². The molecule has 1 atom stereocenters. The molecule has 1 aliphatic heterocycles. The Balaban J connectivity index is 2.12. The standard InChI is InChI=1S/C25H42N6O7/c1-23(2,3)36-19(32)14-18(31-16-17(27-28-31)15-26-21(34)37-24(4,5)6)20(33)29-10-12-30(13-11-29)22(35)38-25(7,8)9/h16,18H,10-15H2,1-9H3,(H,26,34)/t18-/m0/s1. The Kier molecular flexibility index (Phi) is 9.73. The van der Waals surface area contributed by atoms with Crippen molar-refractivity contribution in [2.24, 2.45) is 0 Å². The Morgan fingerprint density at radius 1 is 0.842 bits per heavy atom. The quantitative estimate of drug-likeness (QED) is 0.427. The number of aromatic nitrogens is 3. The topological polar surface area (TPSA) is 145 Å². The van der Waals surface area contributed by atoms with Gasteiger partial charge < -0.3 is 29.3 Å². The normalized spacial score (nSPS) is 15.5. The Hall–Kier alpha value is -3.38. The number of amides is 3. The first-order chi connectivity index (χ1) is 17.3. The number of hydrogen-bond donors (Lipinski definition) is 1. The van der Waals surface area contributed by atoms with Crippen LogP contribution in [0.4, 0.5) is 9.59 Å². The molecule has 0 radical (unpaired) electrons. The lowest BCUT2D eigenvalue weighted by Crippen LogP contribution is -2.53. The Morgan fingerprint density at radius 2 is 1.37 bits per heavy atom. The second kappa shape index (κ2) is 12.0. The van der Waals surface area contributed by atoms with E-state index in [1.54, 1.807) is 72.1 Å². The lowest BCUT2D eigenvalue weighted by atomic mass is 10.1. The maximum absolute atomic E-state index is 13.5. The molecule has 0 spiro atoms. The van der Waals surface area contributed by atoms with Gasteiger partial charge in [-0.3, -0.25) is 9.59 Å². The number of nitrogens with one attached hydrogen (secondary N) is 1. The summed E-state index contributed by atoms with van der Waals surface area (Å²) in [7, 11) is 0. The van der Waals surface area contributed by atoms with Gasteiger partial charge >= 0.3 is 18.2 Å². The number of esters is 1. The monoisotopic (exact) mass is 538 g/mol. The predicted molar refractivity (Wildman–Crippen MR) is 137 cm³/mol. The molecule has 0 unspecified atom stereocenters. The van der Waals surface area contributed by atoms with Crippen LogP contribution in [0.15, 0.2) is 6.20 Å². The third-order valence-electron chi connectivity index (χ3n) is 5.00. The fourth-order valence-corrected chi connectivity index (χ4v) is 3.51. The Bertz CT molecular complexity index is 995. The van der Waals surface area contributed by atoms with E-state index in [1.165, 1.54) is 10.9 Å². The summed E-state index contributed by atoms with van der Waals surface area (Å²) in [5, 5.41) is 10.7. The van der Waals surface area contributed by atoms with E-state index in [0.29, 0.717) is 18.8 Å². The van der Waals surface area contributed by atoms with E-state index in [2.05, 4.69) is 15.6 Å². The minimum absolute atomic E-state index is 0.0246. The van der Waals surface area contributed by atoms with E-state index in [4.69, 9.17) is 14.2 Å². The third-order valence-corrected chi connectivity index (χ3v) is 5.00. The van der Waals surface area contributed by atoms with Gasteiger partial charge in [0.1, 0.15) is 28.5 Å². The first-order valence-electron chi connectivity index (χ1n) is 12.7. The molecule has 1 fully saturated rings. The van der Waals surface area contributed by atoms with E-state index >= 15 is 0 Å². The SMILES string of the molecule is CC(C)(C)OC(=O)C[C@@H](C(=O)N1CCN(C(=O)OC(C)(C)C)CC1)n1cc(CNC(=O)OC(C)(C)C)nn1. The summed E-state index contributed by atoms with van der Waals surface area (Å²) in [5.74, 6) is -0.913. The van der Waals surface area contributed by atoms with Crippen molar-refractivity contribution in [3.8, 4) is 0 Å². The molecule has 1 aromatic heterocycles. The average molecular weight is 539 g/mol. The molecule has 1 aromatic rings.